The highest BCUT2D eigenvalue weighted by atomic mass is 16.5. The van der Waals surface area contributed by atoms with Crippen LogP contribution in [0.25, 0.3) is 0 Å². The van der Waals surface area contributed by atoms with Gasteiger partial charge in [-0.25, -0.2) is 4.79 Å². The summed E-state index contributed by atoms with van der Waals surface area (Å²) >= 11 is 0. The summed E-state index contributed by atoms with van der Waals surface area (Å²) in [5.74, 6) is 1.16. The van der Waals surface area contributed by atoms with Crippen molar-refractivity contribution in [3.63, 3.8) is 0 Å². The largest absolute Gasteiger partial charge is 0.493 e. The van der Waals surface area contributed by atoms with Gasteiger partial charge in [0.05, 0.1) is 33.4 Å². The smallest absolute Gasteiger partial charge is 0.322 e. The van der Waals surface area contributed by atoms with Gasteiger partial charge in [-0.2, -0.15) is 0 Å². The third kappa shape index (κ3) is 2.48. The fraction of sp³-hybridized carbons (Fsp3) is 0.417. The van der Waals surface area contributed by atoms with E-state index in [1.165, 1.54) is 12.0 Å². The van der Waals surface area contributed by atoms with E-state index in [4.69, 9.17) is 14.6 Å². The van der Waals surface area contributed by atoms with Crippen LogP contribution in [0.1, 0.15) is 0 Å². The van der Waals surface area contributed by atoms with Crippen LogP contribution in [0, 0.1) is 0 Å². The third-order valence-corrected chi connectivity index (χ3v) is 2.78. The molecule has 0 unspecified atom stereocenters. The van der Waals surface area contributed by atoms with Crippen LogP contribution in [-0.4, -0.2) is 49.5 Å². The molecule has 0 radical (unpaired) electrons. The Labute approximate surface area is 105 Å². The molecule has 0 aromatic heterocycles. The van der Waals surface area contributed by atoms with Gasteiger partial charge in [-0.1, -0.05) is 0 Å². The highest BCUT2D eigenvalue weighted by Gasteiger charge is 2.28. The molecule has 98 valence electrons. The highest BCUT2D eigenvalue weighted by molar-refractivity contribution is 5.90. The average molecular weight is 252 g/mol. The Hall–Kier alpha value is -1.95. The number of aliphatic hydroxyl groups is 1. The molecular formula is C12H16N2O4. The lowest BCUT2D eigenvalue weighted by Crippen LogP contribution is -2.54. The van der Waals surface area contributed by atoms with Crippen molar-refractivity contribution in [3.8, 4) is 11.5 Å². The fourth-order valence-electron chi connectivity index (χ4n) is 1.74. The second kappa shape index (κ2) is 5.14. The number of nitrogens with one attached hydrogen (secondary N) is 1. The number of hydrogen-bond donors (Lipinski definition) is 2. The summed E-state index contributed by atoms with van der Waals surface area (Å²) in [6, 6.07) is 4.91. The van der Waals surface area contributed by atoms with Gasteiger partial charge in [0.1, 0.15) is 0 Å². The number of carbonyl (C=O) groups is 1. The molecule has 0 bridgehead atoms. The van der Waals surface area contributed by atoms with Crippen LogP contribution < -0.4 is 14.8 Å². The number of benzene rings is 1. The Morgan fingerprint density at radius 1 is 1.33 bits per heavy atom. The number of hydrogen-bond acceptors (Lipinski definition) is 4. The molecule has 1 aromatic carbocycles. The molecule has 0 spiro atoms. The van der Waals surface area contributed by atoms with Crippen molar-refractivity contribution in [3.05, 3.63) is 18.2 Å². The maximum atomic E-state index is 11.7. The van der Waals surface area contributed by atoms with Crippen molar-refractivity contribution < 1.29 is 19.4 Å². The molecule has 0 saturated carbocycles. The van der Waals surface area contributed by atoms with Crippen molar-refractivity contribution >= 4 is 11.7 Å². The van der Waals surface area contributed by atoms with Gasteiger partial charge in [-0.05, 0) is 12.1 Å². The van der Waals surface area contributed by atoms with E-state index in [-0.39, 0.29) is 6.03 Å². The summed E-state index contributed by atoms with van der Waals surface area (Å²) in [5, 5.41) is 11.9. The maximum absolute atomic E-state index is 11.7. The average Bonchev–Trinajstić information content (AvgIpc) is 2.34. The van der Waals surface area contributed by atoms with Gasteiger partial charge in [0.25, 0.3) is 0 Å². The monoisotopic (exact) mass is 252 g/mol. The zero-order chi connectivity index (χ0) is 13.1. The minimum Gasteiger partial charge on any atom is -0.493 e. The molecule has 0 atom stereocenters. The van der Waals surface area contributed by atoms with Crippen molar-refractivity contribution in [1.82, 2.24) is 4.90 Å². The number of β-amino-alcohol motifs (C(OH)–C–C–N with tert-alkyl or cyclic N) is 1. The van der Waals surface area contributed by atoms with Gasteiger partial charge < -0.3 is 24.8 Å². The molecule has 1 aromatic rings. The molecule has 1 heterocycles. The van der Waals surface area contributed by atoms with Gasteiger partial charge in [0.2, 0.25) is 0 Å². The number of anilines is 1. The van der Waals surface area contributed by atoms with E-state index in [1.54, 1.807) is 25.3 Å². The second-order valence-corrected chi connectivity index (χ2v) is 4.06. The van der Waals surface area contributed by atoms with E-state index in [0.29, 0.717) is 30.3 Å². The van der Waals surface area contributed by atoms with Gasteiger partial charge >= 0.3 is 6.03 Å². The summed E-state index contributed by atoms with van der Waals surface area (Å²) in [6.45, 7) is 0.748. The number of carbonyl (C=O) groups excluding carboxylic acids is 1. The van der Waals surface area contributed by atoms with Crippen LogP contribution in [0.3, 0.4) is 0 Å². The summed E-state index contributed by atoms with van der Waals surface area (Å²) in [7, 11) is 3.09. The second-order valence-electron chi connectivity index (χ2n) is 4.06. The number of urea groups is 1. The van der Waals surface area contributed by atoms with Gasteiger partial charge in [0.15, 0.2) is 11.5 Å². The Morgan fingerprint density at radius 3 is 2.56 bits per heavy atom. The number of ether oxygens (including phenoxy) is 2. The van der Waals surface area contributed by atoms with Crippen molar-refractivity contribution in [2.24, 2.45) is 0 Å². The quantitative estimate of drug-likeness (QED) is 0.839. The minimum absolute atomic E-state index is 0.229. The molecule has 1 saturated heterocycles. The van der Waals surface area contributed by atoms with E-state index < -0.39 is 6.10 Å². The SMILES string of the molecule is COc1ccc(NC(=O)N2CC(O)C2)cc1OC. The summed E-state index contributed by atoms with van der Waals surface area (Å²) in [6.07, 6.45) is -0.402. The zero-order valence-electron chi connectivity index (χ0n) is 10.3. The Morgan fingerprint density at radius 2 is 2.00 bits per heavy atom. The molecule has 1 fully saturated rings. The molecule has 0 aliphatic carbocycles. The lowest BCUT2D eigenvalue weighted by Gasteiger charge is -2.35. The molecule has 2 rings (SSSR count). The lowest BCUT2D eigenvalue weighted by molar-refractivity contribution is 0.0309. The van der Waals surface area contributed by atoms with Crippen LogP contribution in [-0.2, 0) is 0 Å². The van der Waals surface area contributed by atoms with Crippen molar-refractivity contribution in [1.29, 1.82) is 0 Å². The van der Waals surface area contributed by atoms with Gasteiger partial charge in [-0.15, -0.1) is 0 Å². The number of aliphatic hydroxyl groups excluding tert-OH is 1. The highest BCUT2D eigenvalue weighted by Crippen LogP contribution is 2.29. The van der Waals surface area contributed by atoms with E-state index in [0.717, 1.165) is 0 Å². The fourth-order valence-corrected chi connectivity index (χ4v) is 1.74. The standard InChI is InChI=1S/C12H16N2O4/c1-17-10-4-3-8(5-11(10)18-2)13-12(16)14-6-9(15)7-14/h3-5,9,15H,6-7H2,1-2H3,(H,13,16). The molecule has 1 aliphatic heterocycles. The Bertz CT molecular complexity index is 444. The van der Waals surface area contributed by atoms with Crippen LogP contribution in [0.4, 0.5) is 10.5 Å². The van der Waals surface area contributed by atoms with Crippen LogP contribution >= 0.6 is 0 Å². The van der Waals surface area contributed by atoms with Crippen LogP contribution in [0.2, 0.25) is 0 Å². The first kappa shape index (κ1) is 12.5. The Balaban J connectivity index is 2.03. The normalized spacial score (nSPS) is 14.9. The number of rotatable bonds is 3. The van der Waals surface area contributed by atoms with E-state index in [1.807, 2.05) is 0 Å². The van der Waals surface area contributed by atoms with Crippen LogP contribution in [0.15, 0.2) is 18.2 Å². The Kier molecular flexibility index (Phi) is 3.57. The van der Waals surface area contributed by atoms with E-state index in [9.17, 15) is 4.79 Å². The molecule has 6 nitrogen and oxygen atoms in total. The molecule has 1 aliphatic rings. The zero-order valence-corrected chi connectivity index (χ0v) is 10.3. The van der Waals surface area contributed by atoms with Crippen LogP contribution in [0.5, 0.6) is 11.5 Å². The minimum atomic E-state index is -0.402. The summed E-state index contributed by atoms with van der Waals surface area (Å²) in [5.41, 5.74) is 0.624. The van der Waals surface area contributed by atoms with E-state index >= 15 is 0 Å². The molecule has 2 N–H and O–H groups in total. The number of nitrogens with zero attached hydrogens (tertiary/aromatic N) is 1. The molecule has 18 heavy (non-hydrogen) atoms. The summed E-state index contributed by atoms with van der Waals surface area (Å²) < 4.78 is 10.3. The van der Waals surface area contributed by atoms with Crippen molar-refractivity contribution in [2.45, 2.75) is 6.10 Å². The first-order valence-corrected chi connectivity index (χ1v) is 5.60. The van der Waals surface area contributed by atoms with Crippen molar-refractivity contribution in [2.75, 3.05) is 32.6 Å². The predicted molar refractivity (Wildman–Crippen MR) is 66.1 cm³/mol. The topological polar surface area (TPSA) is 71.0 Å². The third-order valence-electron chi connectivity index (χ3n) is 2.78. The van der Waals surface area contributed by atoms with Gasteiger partial charge in [0, 0.05) is 11.8 Å². The molecule has 2 amide bonds. The lowest BCUT2D eigenvalue weighted by atomic mass is 10.2. The number of likely N-dealkylation sites (tertiary alicyclic amines) is 1. The number of methoxy groups -OCH3 is 2. The van der Waals surface area contributed by atoms with Gasteiger partial charge in [-0.3, -0.25) is 0 Å². The predicted octanol–water partition coefficient (Wildman–Crippen LogP) is 0.912. The number of amides is 2. The first-order chi connectivity index (χ1) is 8.63. The molecular weight excluding hydrogens is 236 g/mol. The van der Waals surface area contributed by atoms with E-state index in [2.05, 4.69) is 5.32 Å². The summed E-state index contributed by atoms with van der Waals surface area (Å²) in [4.78, 5) is 13.3. The first-order valence-electron chi connectivity index (χ1n) is 5.60. The molecule has 6 heteroatoms. The maximum Gasteiger partial charge on any atom is 0.322 e.